The molecule has 1 aromatic rings. The van der Waals surface area contributed by atoms with Gasteiger partial charge in [-0.25, -0.2) is 4.79 Å². The van der Waals surface area contributed by atoms with E-state index in [-0.39, 0.29) is 17.5 Å². The van der Waals surface area contributed by atoms with Crippen molar-refractivity contribution in [1.82, 2.24) is 20.4 Å². The van der Waals surface area contributed by atoms with Gasteiger partial charge in [0.2, 0.25) is 0 Å². The zero-order valence-electron chi connectivity index (χ0n) is 15.5. The number of rotatable bonds is 6. The first-order valence-corrected chi connectivity index (χ1v) is 9.96. The molecule has 4 aliphatic rings. The van der Waals surface area contributed by atoms with Crippen LogP contribution in [0.1, 0.15) is 18.4 Å². The molecular weight excluding hydrogens is 326 g/mol. The summed E-state index contributed by atoms with van der Waals surface area (Å²) in [6.07, 6.45) is 1.88. The first-order valence-electron chi connectivity index (χ1n) is 9.96. The maximum absolute atomic E-state index is 12.6. The number of piperidine rings is 2. The molecule has 0 radical (unpaired) electrons. The summed E-state index contributed by atoms with van der Waals surface area (Å²) in [5, 5.41) is 6.40. The zero-order valence-corrected chi connectivity index (χ0v) is 15.5. The maximum atomic E-state index is 12.6. The Bertz CT molecular complexity index is 606. The fourth-order valence-electron chi connectivity index (χ4n) is 5.23. The van der Waals surface area contributed by atoms with Gasteiger partial charge in [0.15, 0.2) is 0 Å². The van der Waals surface area contributed by atoms with E-state index in [1.165, 1.54) is 5.56 Å². The highest BCUT2D eigenvalue weighted by Crippen LogP contribution is 2.43. The van der Waals surface area contributed by atoms with Crippen molar-refractivity contribution in [1.29, 1.82) is 0 Å². The van der Waals surface area contributed by atoms with Gasteiger partial charge >= 0.3 is 6.03 Å². The number of carbonyl (C=O) groups excluding carboxylic acids is 1. The van der Waals surface area contributed by atoms with Gasteiger partial charge in [0.1, 0.15) is 0 Å². The number of nitrogens with zero attached hydrogens (tertiary/aromatic N) is 2. The van der Waals surface area contributed by atoms with Crippen molar-refractivity contribution in [3.63, 3.8) is 0 Å². The molecule has 6 nitrogen and oxygen atoms in total. The Labute approximate surface area is 156 Å². The lowest BCUT2D eigenvalue weighted by Gasteiger charge is -2.55. The number of hydrogen-bond donors (Lipinski definition) is 3. The molecular formula is C20H31N5O. The molecule has 4 bridgehead atoms. The number of nitrogens with two attached hydrogens (primary N) is 1. The summed E-state index contributed by atoms with van der Waals surface area (Å²) in [5.41, 5.74) is 6.87. The number of fused-ring (bicyclic) bond motifs is 1. The third-order valence-electron chi connectivity index (χ3n) is 6.35. The summed E-state index contributed by atoms with van der Waals surface area (Å²) < 4.78 is 0. The number of unbranched alkanes of at least 4 members (excludes halogenated alkanes) is 1. The van der Waals surface area contributed by atoms with Gasteiger partial charge in [0.25, 0.3) is 0 Å². The normalized spacial score (nSPS) is 35.1. The molecule has 0 aliphatic carbocycles. The van der Waals surface area contributed by atoms with Crippen LogP contribution < -0.4 is 16.4 Å². The van der Waals surface area contributed by atoms with E-state index in [2.05, 4.69) is 50.8 Å². The quantitative estimate of drug-likeness (QED) is 0.652. The highest BCUT2D eigenvalue weighted by Gasteiger charge is 2.55. The highest BCUT2D eigenvalue weighted by atomic mass is 16.2. The summed E-state index contributed by atoms with van der Waals surface area (Å²) in [6.45, 7) is 7.89. The zero-order chi connectivity index (χ0) is 18.0. The van der Waals surface area contributed by atoms with Gasteiger partial charge in [-0.1, -0.05) is 30.3 Å². The van der Waals surface area contributed by atoms with Crippen LogP contribution in [0, 0.1) is 5.92 Å². The number of benzene rings is 1. The molecule has 142 valence electrons. The molecule has 4 N–H and O–H groups in total. The van der Waals surface area contributed by atoms with Crippen LogP contribution in [-0.2, 0) is 5.41 Å². The molecule has 1 aromatic carbocycles. The van der Waals surface area contributed by atoms with Crippen molar-refractivity contribution >= 4 is 6.03 Å². The van der Waals surface area contributed by atoms with Gasteiger partial charge in [0, 0.05) is 63.2 Å². The van der Waals surface area contributed by atoms with Gasteiger partial charge in [-0.3, -0.25) is 0 Å². The Morgan fingerprint density at radius 2 is 1.81 bits per heavy atom. The van der Waals surface area contributed by atoms with Crippen molar-refractivity contribution in [2.24, 2.45) is 11.7 Å². The summed E-state index contributed by atoms with van der Waals surface area (Å²) in [4.78, 5) is 17.8. The van der Waals surface area contributed by atoms with Crippen molar-refractivity contribution in [2.75, 3.05) is 52.4 Å². The Balaban J connectivity index is 1.55. The van der Waals surface area contributed by atoms with Gasteiger partial charge in [0.05, 0.1) is 0 Å². The van der Waals surface area contributed by atoms with E-state index in [4.69, 9.17) is 5.73 Å². The minimum absolute atomic E-state index is 0.0203. The van der Waals surface area contributed by atoms with E-state index in [1.807, 2.05) is 0 Å². The predicted molar refractivity (Wildman–Crippen MR) is 103 cm³/mol. The molecule has 5 rings (SSSR count). The topological polar surface area (TPSA) is 73.6 Å². The Kier molecular flexibility index (Phi) is 5.16. The Hall–Kier alpha value is -1.63. The summed E-state index contributed by atoms with van der Waals surface area (Å²) in [7, 11) is 0. The number of amides is 2. The summed E-state index contributed by atoms with van der Waals surface area (Å²) >= 11 is 0. The molecule has 4 saturated heterocycles. The van der Waals surface area contributed by atoms with Crippen LogP contribution in [0.5, 0.6) is 0 Å². The van der Waals surface area contributed by atoms with Gasteiger partial charge in [-0.2, -0.15) is 0 Å². The van der Waals surface area contributed by atoms with E-state index in [0.717, 1.165) is 52.1 Å². The van der Waals surface area contributed by atoms with E-state index >= 15 is 0 Å². The van der Waals surface area contributed by atoms with Crippen LogP contribution in [-0.4, -0.2) is 74.2 Å². The van der Waals surface area contributed by atoms with Crippen LogP contribution >= 0.6 is 0 Å². The third kappa shape index (κ3) is 3.33. The lowest BCUT2D eigenvalue weighted by atomic mass is 9.64. The smallest absolute Gasteiger partial charge is 0.315 e. The van der Waals surface area contributed by atoms with Crippen LogP contribution in [0.15, 0.2) is 30.3 Å². The number of urea groups is 1. The molecule has 0 saturated carbocycles. The fraction of sp³-hybridized carbons (Fsp3) is 0.650. The SMILES string of the molecule is NCCCCNC(=O)NC1C2CN3CCN(C2)CC1(c1ccccc1)C3. The minimum atomic E-state index is -0.0292. The lowest BCUT2D eigenvalue weighted by molar-refractivity contribution is 0.0230. The van der Waals surface area contributed by atoms with Crippen molar-refractivity contribution in [3.05, 3.63) is 35.9 Å². The molecule has 4 fully saturated rings. The predicted octanol–water partition coefficient (Wildman–Crippen LogP) is 0.592. The van der Waals surface area contributed by atoms with Crippen molar-refractivity contribution in [3.8, 4) is 0 Å². The monoisotopic (exact) mass is 357 g/mol. The molecule has 0 spiro atoms. The van der Waals surface area contributed by atoms with Crippen LogP contribution in [0.25, 0.3) is 0 Å². The average Bonchev–Trinajstić information content (AvgIpc) is 2.91. The Morgan fingerprint density at radius 3 is 2.46 bits per heavy atom. The average molecular weight is 358 g/mol. The molecule has 0 aromatic heterocycles. The minimum Gasteiger partial charge on any atom is -0.338 e. The van der Waals surface area contributed by atoms with Gasteiger partial charge < -0.3 is 26.2 Å². The summed E-state index contributed by atoms with van der Waals surface area (Å²) in [5.74, 6) is 0.481. The number of carbonyl (C=O) groups is 1. The van der Waals surface area contributed by atoms with E-state index in [0.29, 0.717) is 19.0 Å². The maximum Gasteiger partial charge on any atom is 0.315 e. The lowest BCUT2D eigenvalue weighted by Crippen LogP contribution is -2.71. The van der Waals surface area contributed by atoms with Crippen molar-refractivity contribution < 1.29 is 4.79 Å². The van der Waals surface area contributed by atoms with Gasteiger partial charge in [-0.05, 0) is 24.9 Å². The first-order chi connectivity index (χ1) is 12.7. The fourth-order valence-corrected chi connectivity index (χ4v) is 5.23. The number of nitrogens with one attached hydrogen (secondary N) is 2. The molecule has 6 heteroatoms. The Morgan fingerprint density at radius 1 is 1.12 bits per heavy atom. The van der Waals surface area contributed by atoms with Gasteiger partial charge in [-0.15, -0.1) is 0 Å². The van der Waals surface area contributed by atoms with Crippen LogP contribution in [0.4, 0.5) is 4.79 Å². The number of hydrogen-bond acceptors (Lipinski definition) is 4. The largest absolute Gasteiger partial charge is 0.338 e. The highest BCUT2D eigenvalue weighted by molar-refractivity contribution is 5.74. The standard InChI is InChI=1S/C20H31N5O/c21-8-4-5-9-22-19(26)23-18-16-12-24-10-11-25(13-16)15-20(18,14-24)17-6-2-1-3-7-17/h1-3,6-7,16,18H,4-5,8-15,21H2,(H2,22,23,26). The molecule has 4 heterocycles. The third-order valence-corrected chi connectivity index (χ3v) is 6.35. The second kappa shape index (κ2) is 7.55. The molecule has 26 heavy (non-hydrogen) atoms. The first kappa shape index (κ1) is 17.8. The molecule has 2 amide bonds. The molecule has 4 aliphatic heterocycles. The summed E-state index contributed by atoms with van der Waals surface area (Å²) in [6, 6.07) is 11.0. The van der Waals surface area contributed by atoms with E-state index in [9.17, 15) is 4.79 Å². The van der Waals surface area contributed by atoms with Crippen LogP contribution in [0.2, 0.25) is 0 Å². The second-order valence-corrected chi connectivity index (χ2v) is 8.13. The van der Waals surface area contributed by atoms with Crippen LogP contribution in [0.3, 0.4) is 0 Å². The van der Waals surface area contributed by atoms with E-state index in [1.54, 1.807) is 0 Å². The molecule has 3 unspecified atom stereocenters. The second-order valence-electron chi connectivity index (χ2n) is 8.13. The van der Waals surface area contributed by atoms with E-state index < -0.39 is 0 Å². The van der Waals surface area contributed by atoms with Crippen molar-refractivity contribution in [2.45, 2.75) is 24.3 Å². The molecule has 3 atom stereocenters.